The van der Waals surface area contributed by atoms with Crippen molar-refractivity contribution in [1.82, 2.24) is 0 Å². The average molecular weight is 411 g/mol. The molecule has 0 aliphatic carbocycles. The Morgan fingerprint density at radius 3 is 1.21 bits per heavy atom. The number of benzene rings is 3. The van der Waals surface area contributed by atoms with E-state index >= 15 is 0 Å². The predicted molar refractivity (Wildman–Crippen MR) is 115 cm³/mol. The summed E-state index contributed by atoms with van der Waals surface area (Å²) in [6.45, 7) is 0. The predicted octanol–water partition coefficient (Wildman–Crippen LogP) is 5.86. The first-order valence-electron chi connectivity index (χ1n) is 8.38. The number of hydrogen-bond donors (Lipinski definition) is 2. The summed E-state index contributed by atoms with van der Waals surface area (Å²) in [6, 6.07) is 17.9. The quantitative estimate of drug-likeness (QED) is 0.496. The summed E-state index contributed by atoms with van der Waals surface area (Å²) in [7, 11) is 0. The first-order valence-corrected chi connectivity index (χ1v) is 10.8. The van der Waals surface area contributed by atoms with E-state index in [0.717, 1.165) is 32.0 Å². The van der Waals surface area contributed by atoms with E-state index in [1.807, 2.05) is 36.8 Å². The topological polar surface area (TPSA) is 74.6 Å². The fourth-order valence-electron chi connectivity index (χ4n) is 2.93. The molecule has 3 aromatic rings. The third-order valence-corrected chi connectivity index (χ3v) is 5.96. The first-order chi connectivity index (χ1) is 13.4. The summed E-state index contributed by atoms with van der Waals surface area (Å²) in [5.41, 5.74) is 4.51. The molecular formula is C22H18O4S2. The molecule has 142 valence electrons. The fourth-order valence-corrected chi connectivity index (χ4v) is 4.20. The number of carbonyl (C=O) groups is 2. The minimum Gasteiger partial charge on any atom is -0.478 e. The van der Waals surface area contributed by atoms with Gasteiger partial charge in [0.2, 0.25) is 0 Å². The molecule has 4 nitrogen and oxygen atoms in total. The maximum Gasteiger partial charge on any atom is 0.335 e. The lowest BCUT2D eigenvalue weighted by atomic mass is 9.98. The van der Waals surface area contributed by atoms with Gasteiger partial charge in [-0.2, -0.15) is 0 Å². The number of carboxylic acids is 2. The smallest absolute Gasteiger partial charge is 0.335 e. The van der Waals surface area contributed by atoms with Crippen LogP contribution in [-0.4, -0.2) is 34.7 Å². The molecule has 0 atom stereocenters. The van der Waals surface area contributed by atoms with Crippen LogP contribution in [0.25, 0.3) is 22.3 Å². The van der Waals surface area contributed by atoms with Crippen LogP contribution in [0.1, 0.15) is 20.7 Å². The van der Waals surface area contributed by atoms with Gasteiger partial charge in [-0.15, -0.1) is 23.5 Å². The molecule has 0 saturated carbocycles. The molecule has 0 fully saturated rings. The highest BCUT2D eigenvalue weighted by Gasteiger charge is 2.14. The number of carboxylic acid groups (broad SMARTS) is 2. The van der Waals surface area contributed by atoms with E-state index in [0.29, 0.717) is 0 Å². The van der Waals surface area contributed by atoms with E-state index in [9.17, 15) is 9.59 Å². The zero-order chi connectivity index (χ0) is 20.3. The standard InChI is InChI=1S/C22H18O4S2/c1-27-19-11-18(14-5-9-16(10-6-14)22(25)26)20(28-2)12-17(19)13-3-7-15(8-4-13)21(23)24/h3-12H,1-2H3,(H,23,24)(H,25,26). The fraction of sp³-hybridized carbons (Fsp3) is 0.0909. The van der Waals surface area contributed by atoms with Crippen LogP contribution in [0.2, 0.25) is 0 Å². The Bertz CT molecular complexity index is 940. The number of thioether (sulfide) groups is 2. The summed E-state index contributed by atoms with van der Waals surface area (Å²) in [4.78, 5) is 24.3. The maximum atomic E-state index is 11.1. The van der Waals surface area contributed by atoms with Crippen LogP contribution >= 0.6 is 23.5 Å². The Morgan fingerprint density at radius 2 is 0.964 bits per heavy atom. The molecule has 0 aromatic heterocycles. The van der Waals surface area contributed by atoms with Gasteiger partial charge in [-0.3, -0.25) is 0 Å². The third-order valence-electron chi connectivity index (χ3n) is 4.41. The van der Waals surface area contributed by atoms with Gasteiger partial charge in [-0.05, 0) is 71.2 Å². The second-order valence-electron chi connectivity index (χ2n) is 6.02. The monoisotopic (exact) mass is 410 g/mol. The van der Waals surface area contributed by atoms with Crippen molar-refractivity contribution in [3.05, 3.63) is 71.8 Å². The first kappa shape index (κ1) is 20.0. The van der Waals surface area contributed by atoms with Gasteiger partial charge >= 0.3 is 11.9 Å². The van der Waals surface area contributed by atoms with Gasteiger partial charge in [0.1, 0.15) is 0 Å². The van der Waals surface area contributed by atoms with Crippen molar-refractivity contribution in [2.45, 2.75) is 9.79 Å². The molecule has 3 aromatic carbocycles. The van der Waals surface area contributed by atoms with E-state index in [2.05, 4.69) is 12.1 Å². The van der Waals surface area contributed by atoms with Gasteiger partial charge in [0.15, 0.2) is 0 Å². The number of aromatic carboxylic acids is 2. The second-order valence-corrected chi connectivity index (χ2v) is 7.71. The van der Waals surface area contributed by atoms with Crippen LogP contribution in [0.5, 0.6) is 0 Å². The Hall–Kier alpha value is -2.70. The molecule has 28 heavy (non-hydrogen) atoms. The lowest BCUT2D eigenvalue weighted by Crippen LogP contribution is -1.96. The lowest BCUT2D eigenvalue weighted by molar-refractivity contribution is 0.0686. The summed E-state index contributed by atoms with van der Waals surface area (Å²) >= 11 is 3.23. The van der Waals surface area contributed by atoms with Crippen LogP contribution in [0, 0.1) is 0 Å². The van der Waals surface area contributed by atoms with Gasteiger partial charge in [-0.25, -0.2) is 9.59 Å². The maximum absolute atomic E-state index is 11.1. The molecular weight excluding hydrogens is 392 g/mol. The normalized spacial score (nSPS) is 10.6. The SMILES string of the molecule is CSc1cc(-c2ccc(C(=O)O)cc2)c(SC)cc1-c1ccc(C(=O)O)cc1. The van der Waals surface area contributed by atoms with Crippen molar-refractivity contribution in [2.24, 2.45) is 0 Å². The molecule has 0 heterocycles. The number of rotatable bonds is 6. The van der Waals surface area contributed by atoms with Gasteiger partial charge in [-0.1, -0.05) is 24.3 Å². The highest BCUT2D eigenvalue weighted by molar-refractivity contribution is 7.99. The molecule has 0 aliphatic heterocycles. The van der Waals surface area contributed by atoms with Crippen molar-refractivity contribution < 1.29 is 19.8 Å². The lowest BCUT2D eigenvalue weighted by Gasteiger charge is -2.15. The average Bonchev–Trinajstić information content (AvgIpc) is 2.72. The van der Waals surface area contributed by atoms with Crippen molar-refractivity contribution in [2.75, 3.05) is 12.5 Å². The summed E-state index contributed by atoms with van der Waals surface area (Å²) in [5.74, 6) is -1.89. The zero-order valence-electron chi connectivity index (χ0n) is 15.3. The van der Waals surface area contributed by atoms with Crippen molar-refractivity contribution in [3.63, 3.8) is 0 Å². The minimum absolute atomic E-state index is 0.259. The van der Waals surface area contributed by atoms with E-state index in [4.69, 9.17) is 10.2 Å². The van der Waals surface area contributed by atoms with Gasteiger partial charge in [0, 0.05) is 9.79 Å². The molecule has 0 saturated heterocycles. The summed E-state index contributed by atoms with van der Waals surface area (Å²) in [5, 5.41) is 18.2. The molecule has 0 spiro atoms. The van der Waals surface area contributed by atoms with Crippen LogP contribution < -0.4 is 0 Å². The molecule has 3 rings (SSSR count). The second kappa shape index (κ2) is 8.54. The van der Waals surface area contributed by atoms with Gasteiger partial charge < -0.3 is 10.2 Å². The molecule has 2 N–H and O–H groups in total. The number of hydrogen-bond acceptors (Lipinski definition) is 4. The van der Waals surface area contributed by atoms with E-state index < -0.39 is 11.9 Å². The van der Waals surface area contributed by atoms with E-state index in [1.54, 1.807) is 47.8 Å². The van der Waals surface area contributed by atoms with E-state index in [1.165, 1.54) is 0 Å². The van der Waals surface area contributed by atoms with Crippen LogP contribution in [0.3, 0.4) is 0 Å². The third kappa shape index (κ3) is 4.08. The van der Waals surface area contributed by atoms with Gasteiger partial charge in [0.05, 0.1) is 11.1 Å². The van der Waals surface area contributed by atoms with Crippen LogP contribution in [-0.2, 0) is 0 Å². The molecule has 6 heteroatoms. The van der Waals surface area contributed by atoms with Crippen LogP contribution in [0.4, 0.5) is 0 Å². The minimum atomic E-state index is -0.943. The molecule has 0 aliphatic rings. The Balaban J connectivity index is 2.09. The van der Waals surface area contributed by atoms with Crippen molar-refractivity contribution in [3.8, 4) is 22.3 Å². The Morgan fingerprint density at radius 1 is 0.643 bits per heavy atom. The Kier molecular flexibility index (Phi) is 6.11. The zero-order valence-corrected chi connectivity index (χ0v) is 16.9. The largest absolute Gasteiger partial charge is 0.478 e. The molecule has 0 unspecified atom stereocenters. The summed E-state index contributed by atoms with van der Waals surface area (Å²) < 4.78 is 0. The Labute approximate surface area is 171 Å². The highest BCUT2D eigenvalue weighted by atomic mass is 32.2. The summed E-state index contributed by atoms with van der Waals surface area (Å²) in [6.07, 6.45) is 4.00. The molecule has 0 bridgehead atoms. The van der Waals surface area contributed by atoms with Crippen LogP contribution in [0.15, 0.2) is 70.5 Å². The highest BCUT2D eigenvalue weighted by Crippen LogP contribution is 2.40. The molecule has 0 amide bonds. The van der Waals surface area contributed by atoms with Crippen molar-refractivity contribution >= 4 is 35.5 Å². The van der Waals surface area contributed by atoms with Crippen molar-refractivity contribution in [1.29, 1.82) is 0 Å². The van der Waals surface area contributed by atoms with E-state index in [-0.39, 0.29) is 11.1 Å². The van der Waals surface area contributed by atoms with Gasteiger partial charge in [0.25, 0.3) is 0 Å². The molecule has 0 radical (unpaired) electrons.